The molecule has 3 aromatic rings. The molecule has 3 rings (SSSR count). The first kappa shape index (κ1) is 20.9. The Morgan fingerprint density at radius 2 is 1.87 bits per heavy atom. The van der Waals surface area contributed by atoms with Gasteiger partial charge < -0.3 is 10.6 Å². The van der Waals surface area contributed by atoms with E-state index in [0.29, 0.717) is 17.7 Å². The van der Waals surface area contributed by atoms with E-state index in [1.54, 1.807) is 50.2 Å². The fourth-order valence-corrected chi connectivity index (χ4v) is 2.88. The summed E-state index contributed by atoms with van der Waals surface area (Å²) in [6.07, 6.45) is 1.21. The molecule has 1 heterocycles. The van der Waals surface area contributed by atoms with Crippen LogP contribution < -0.4 is 16.2 Å². The van der Waals surface area contributed by atoms with Crippen LogP contribution in [-0.2, 0) is 11.3 Å². The van der Waals surface area contributed by atoms with Crippen LogP contribution >= 0.6 is 0 Å². The van der Waals surface area contributed by atoms with Crippen molar-refractivity contribution < 1.29 is 14.0 Å². The maximum Gasteiger partial charge on any atom is 0.267 e. The van der Waals surface area contributed by atoms with Crippen molar-refractivity contribution in [2.45, 2.75) is 20.4 Å². The first-order chi connectivity index (χ1) is 14.4. The minimum absolute atomic E-state index is 0.161. The zero-order chi connectivity index (χ0) is 21.7. The molecule has 30 heavy (non-hydrogen) atoms. The molecule has 7 nitrogen and oxygen atoms in total. The van der Waals surface area contributed by atoms with Crippen molar-refractivity contribution in [2.75, 3.05) is 11.9 Å². The number of hydrogen-bond donors (Lipinski definition) is 2. The van der Waals surface area contributed by atoms with Crippen LogP contribution in [0.15, 0.2) is 59.5 Å². The van der Waals surface area contributed by atoms with E-state index < -0.39 is 29.7 Å². The fraction of sp³-hybridized carbons (Fsp3) is 0.182. The topological polar surface area (TPSA) is 93.1 Å². The maximum atomic E-state index is 13.8. The quantitative estimate of drug-likeness (QED) is 0.656. The summed E-state index contributed by atoms with van der Waals surface area (Å²) in [5.74, 6) is -1.31. The fourth-order valence-electron chi connectivity index (χ4n) is 2.88. The van der Waals surface area contributed by atoms with Crippen molar-refractivity contribution in [3.63, 3.8) is 0 Å². The standard InChI is InChI=1S/C22H21FN4O3/c1-3-24-21(29)17-12-25-20(15-7-5-4-6-8-15)27(22(17)30)13-19(28)26-16-10-9-14(2)18(23)11-16/h4-12H,3,13H2,1-2H3,(H,24,29)(H,26,28). The van der Waals surface area contributed by atoms with Gasteiger partial charge in [-0.25, -0.2) is 9.37 Å². The summed E-state index contributed by atoms with van der Waals surface area (Å²) in [5, 5.41) is 5.13. The highest BCUT2D eigenvalue weighted by Crippen LogP contribution is 2.16. The molecule has 0 saturated heterocycles. The van der Waals surface area contributed by atoms with Gasteiger partial charge in [0.25, 0.3) is 11.5 Å². The number of nitrogens with zero attached hydrogens (tertiary/aromatic N) is 2. The zero-order valence-electron chi connectivity index (χ0n) is 16.6. The van der Waals surface area contributed by atoms with E-state index in [0.717, 1.165) is 4.57 Å². The summed E-state index contributed by atoms with van der Waals surface area (Å²) in [6.45, 7) is 3.30. The predicted molar refractivity (Wildman–Crippen MR) is 112 cm³/mol. The van der Waals surface area contributed by atoms with Crippen molar-refractivity contribution in [3.05, 3.63) is 82.0 Å². The summed E-state index contributed by atoms with van der Waals surface area (Å²) < 4.78 is 14.9. The molecular weight excluding hydrogens is 387 g/mol. The maximum absolute atomic E-state index is 13.8. The summed E-state index contributed by atoms with van der Waals surface area (Å²) in [6, 6.07) is 13.2. The molecule has 0 bridgehead atoms. The lowest BCUT2D eigenvalue weighted by molar-refractivity contribution is -0.116. The van der Waals surface area contributed by atoms with Gasteiger partial charge in [0, 0.05) is 24.0 Å². The molecular formula is C22H21FN4O3. The number of hydrogen-bond acceptors (Lipinski definition) is 4. The molecule has 0 fully saturated rings. The van der Waals surface area contributed by atoms with E-state index in [9.17, 15) is 18.8 Å². The van der Waals surface area contributed by atoms with Gasteiger partial charge in [0.15, 0.2) is 0 Å². The lowest BCUT2D eigenvalue weighted by atomic mass is 10.2. The second-order valence-electron chi connectivity index (χ2n) is 6.62. The van der Waals surface area contributed by atoms with Crippen LogP contribution in [0.4, 0.5) is 10.1 Å². The van der Waals surface area contributed by atoms with Crippen LogP contribution in [0.25, 0.3) is 11.4 Å². The molecule has 1 aromatic heterocycles. The third kappa shape index (κ3) is 4.60. The molecule has 0 atom stereocenters. The number of carbonyl (C=O) groups excluding carboxylic acids is 2. The number of halogens is 1. The average Bonchev–Trinajstić information content (AvgIpc) is 2.73. The van der Waals surface area contributed by atoms with Gasteiger partial charge in [0.1, 0.15) is 23.7 Å². The highest BCUT2D eigenvalue weighted by molar-refractivity contribution is 5.94. The van der Waals surface area contributed by atoms with Gasteiger partial charge in [-0.15, -0.1) is 0 Å². The zero-order valence-corrected chi connectivity index (χ0v) is 16.6. The Labute approximate surface area is 172 Å². The highest BCUT2D eigenvalue weighted by atomic mass is 19.1. The van der Waals surface area contributed by atoms with Gasteiger partial charge in [-0.05, 0) is 31.5 Å². The van der Waals surface area contributed by atoms with E-state index >= 15 is 0 Å². The average molecular weight is 408 g/mol. The molecule has 0 aliphatic carbocycles. The smallest absolute Gasteiger partial charge is 0.267 e. The third-order valence-electron chi connectivity index (χ3n) is 4.42. The number of aromatic nitrogens is 2. The van der Waals surface area contributed by atoms with Crippen LogP contribution in [0.3, 0.4) is 0 Å². The Morgan fingerprint density at radius 1 is 1.13 bits per heavy atom. The summed E-state index contributed by atoms with van der Waals surface area (Å²) in [7, 11) is 0. The summed E-state index contributed by atoms with van der Waals surface area (Å²) >= 11 is 0. The molecule has 0 radical (unpaired) electrons. The molecule has 8 heteroatoms. The largest absolute Gasteiger partial charge is 0.352 e. The van der Waals surface area contributed by atoms with Crippen LogP contribution in [-0.4, -0.2) is 27.9 Å². The number of anilines is 1. The third-order valence-corrected chi connectivity index (χ3v) is 4.42. The molecule has 0 aliphatic heterocycles. The highest BCUT2D eigenvalue weighted by Gasteiger charge is 2.19. The first-order valence-electron chi connectivity index (χ1n) is 9.40. The predicted octanol–water partition coefficient (Wildman–Crippen LogP) is 2.75. The molecule has 2 amide bonds. The normalized spacial score (nSPS) is 10.5. The van der Waals surface area contributed by atoms with Crippen LogP contribution in [0.5, 0.6) is 0 Å². The SMILES string of the molecule is CCNC(=O)c1cnc(-c2ccccc2)n(CC(=O)Nc2ccc(C)c(F)c2)c1=O. The minimum atomic E-state index is -0.639. The van der Waals surface area contributed by atoms with Crippen molar-refractivity contribution in [1.82, 2.24) is 14.9 Å². The molecule has 0 saturated carbocycles. The van der Waals surface area contributed by atoms with Crippen LogP contribution in [0, 0.1) is 12.7 Å². The lowest BCUT2D eigenvalue weighted by Gasteiger charge is -2.14. The minimum Gasteiger partial charge on any atom is -0.352 e. The van der Waals surface area contributed by atoms with Gasteiger partial charge in [0.05, 0.1) is 0 Å². The molecule has 154 valence electrons. The number of aryl methyl sites for hydroxylation is 1. The lowest BCUT2D eigenvalue weighted by Crippen LogP contribution is -2.36. The Morgan fingerprint density at radius 3 is 2.53 bits per heavy atom. The van der Waals surface area contributed by atoms with Gasteiger partial charge >= 0.3 is 0 Å². The molecule has 2 aromatic carbocycles. The second kappa shape index (κ2) is 9.13. The number of carbonyl (C=O) groups is 2. The van der Waals surface area contributed by atoms with Crippen molar-refractivity contribution >= 4 is 17.5 Å². The molecule has 0 spiro atoms. The van der Waals surface area contributed by atoms with E-state index in [-0.39, 0.29) is 17.1 Å². The van der Waals surface area contributed by atoms with Gasteiger partial charge in [-0.3, -0.25) is 19.0 Å². The second-order valence-corrected chi connectivity index (χ2v) is 6.62. The number of rotatable bonds is 6. The van der Waals surface area contributed by atoms with E-state index in [1.165, 1.54) is 12.3 Å². The summed E-state index contributed by atoms with van der Waals surface area (Å²) in [5.41, 5.74) is 0.539. The Balaban J connectivity index is 1.98. The Bertz CT molecular complexity index is 1140. The van der Waals surface area contributed by atoms with Gasteiger partial charge in [-0.2, -0.15) is 0 Å². The van der Waals surface area contributed by atoms with Gasteiger partial charge in [0.2, 0.25) is 5.91 Å². The van der Waals surface area contributed by atoms with E-state index in [2.05, 4.69) is 15.6 Å². The monoisotopic (exact) mass is 408 g/mol. The van der Waals surface area contributed by atoms with Crippen LogP contribution in [0.1, 0.15) is 22.8 Å². The van der Waals surface area contributed by atoms with Crippen LogP contribution in [0.2, 0.25) is 0 Å². The van der Waals surface area contributed by atoms with Crippen molar-refractivity contribution in [2.24, 2.45) is 0 Å². The molecule has 0 unspecified atom stereocenters. The van der Waals surface area contributed by atoms with E-state index in [1.807, 2.05) is 6.07 Å². The van der Waals surface area contributed by atoms with Gasteiger partial charge in [-0.1, -0.05) is 36.4 Å². The number of benzene rings is 2. The first-order valence-corrected chi connectivity index (χ1v) is 9.40. The molecule has 0 aliphatic rings. The number of amides is 2. The van der Waals surface area contributed by atoms with Crippen molar-refractivity contribution in [1.29, 1.82) is 0 Å². The summed E-state index contributed by atoms with van der Waals surface area (Å²) in [4.78, 5) is 42.1. The van der Waals surface area contributed by atoms with Crippen molar-refractivity contribution in [3.8, 4) is 11.4 Å². The van der Waals surface area contributed by atoms with E-state index in [4.69, 9.17) is 0 Å². The molecule has 2 N–H and O–H groups in total. The Hall–Kier alpha value is -3.81. The number of nitrogens with one attached hydrogen (secondary N) is 2. The Kier molecular flexibility index (Phi) is 6.36.